The van der Waals surface area contributed by atoms with Crippen LogP contribution in [0.3, 0.4) is 0 Å². The summed E-state index contributed by atoms with van der Waals surface area (Å²) in [4.78, 5) is 19.5. The van der Waals surface area contributed by atoms with Gasteiger partial charge in [0.1, 0.15) is 11.6 Å². The number of halogens is 2. The van der Waals surface area contributed by atoms with Crippen LogP contribution in [0.25, 0.3) is 22.2 Å². The van der Waals surface area contributed by atoms with Crippen LogP contribution < -0.4 is 5.32 Å². The maximum atomic E-state index is 14.4. The van der Waals surface area contributed by atoms with Crippen molar-refractivity contribution < 1.29 is 13.6 Å². The first-order chi connectivity index (χ1) is 17.3. The van der Waals surface area contributed by atoms with Crippen LogP contribution in [0.1, 0.15) is 37.9 Å². The quantitative estimate of drug-likeness (QED) is 0.423. The lowest BCUT2D eigenvalue weighted by atomic mass is 9.82. The summed E-state index contributed by atoms with van der Waals surface area (Å²) in [5, 5.41) is 8.77. The molecule has 0 aliphatic carbocycles. The molecule has 4 heterocycles. The number of para-hydroxylation sites is 1. The molecule has 2 aliphatic heterocycles. The highest BCUT2D eigenvalue weighted by Crippen LogP contribution is 2.44. The van der Waals surface area contributed by atoms with E-state index in [1.54, 1.807) is 18.7 Å². The fraction of sp³-hybridized carbons (Fsp3) is 0.321. The summed E-state index contributed by atoms with van der Waals surface area (Å²) in [5.41, 5.74) is 2.39. The molecule has 0 radical (unpaired) electrons. The minimum Gasteiger partial charge on any atom is -0.329 e. The van der Waals surface area contributed by atoms with Crippen molar-refractivity contribution in [3.63, 3.8) is 0 Å². The van der Waals surface area contributed by atoms with Crippen LogP contribution in [0.4, 0.5) is 13.6 Å². The molecule has 184 valence electrons. The lowest BCUT2D eigenvalue weighted by Gasteiger charge is -2.31. The number of hydrogen-bond donors (Lipinski definition) is 1. The van der Waals surface area contributed by atoms with E-state index in [0.29, 0.717) is 13.1 Å². The smallest absolute Gasteiger partial charge is 0.318 e. The number of amides is 2. The number of benzene rings is 2. The molecule has 2 aromatic carbocycles. The van der Waals surface area contributed by atoms with E-state index >= 15 is 0 Å². The third-order valence-corrected chi connectivity index (χ3v) is 7.66. The van der Waals surface area contributed by atoms with Crippen LogP contribution in [-0.2, 0) is 17.5 Å². The summed E-state index contributed by atoms with van der Waals surface area (Å²) in [5.74, 6) is -1.35. The fourth-order valence-corrected chi connectivity index (χ4v) is 5.78. The number of fused-ring (bicyclic) bond motifs is 3. The van der Waals surface area contributed by atoms with Gasteiger partial charge in [-0.2, -0.15) is 5.10 Å². The number of nitrogens with one attached hydrogen (secondary N) is 1. The Morgan fingerprint density at radius 3 is 2.58 bits per heavy atom. The van der Waals surface area contributed by atoms with Gasteiger partial charge in [0.2, 0.25) is 0 Å². The molecule has 8 heteroatoms. The molecule has 1 saturated heterocycles. The van der Waals surface area contributed by atoms with Gasteiger partial charge in [-0.25, -0.2) is 13.6 Å². The maximum Gasteiger partial charge on any atom is 0.318 e. The number of aryl methyl sites for hydroxylation is 1. The number of pyridine rings is 1. The van der Waals surface area contributed by atoms with Gasteiger partial charge in [0.15, 0.2) is 0 Å². The van der Waals surface area contributed by atoms with E-state index in [0.717, 1.165) is 47.2 Å². The van der Waals surface area contributed by atoms with Crippen LogP contribution in [0.2, 0.25) is 0 Å². The average molecular weight is 488 g/mol. The number of rotatable bonds is 3. The minimum atomic E-state index is -1.20. The van der Waals surface area contributed by atoms with Crippen molar-refractivity contribution in [2.24, 2.45) is 0 Å². The summed E-state index contributed by atoms with van der Waals surface area (Å²) in [7, 11) is 0. The van der Waals surface area contributed by atoms with Crippen LogP contribution >= 0.6 is 0 Å². The van der Waals surface area contributed by atoms with Crippen LogP contribution in [0.15, 0.2) is 60.8 Å². The molecule has 2 aromatic heterocycles. The van der Waals surface area contributed by atoms with Gasteiger partial charge < -0.3 is 10.2 Å². The highest BCUT2D eigenvalue weighted by molar-refractivity contribution is 5.83. The third kappa shape index (κ3) is 3.63. The number of urea groups is 1. The molecule has 0 saturated carbocycles. The molecule has 36 heavy (non-hydrogen) atoms. The molecule has 2 aliphatic rings. The topological polar surface area (TPSA) is 63.1 Å². The predicted octanol–water partition coefficient (Wildman–Crippen LogP) is 5.37. The van der Waals surface area contributed by atoms with Gasteiger partial charge in [0.05, 0.1) is 16.7 Å². The molecule has 1 fully saturated rings. The lowest BCUT2D eigenvalue weighted by Crippen LogP contribution is -2.49. The predicted molar refractivity (Wildman–Crippen MR) is 133 cm³/mol. The SMILES string of the molecule is CC(C)(NC(=O)N1CCC2(CCn3nc(-c4cnc5ccccc5c4)cc32)C1)c1c(F)cccc1F. The summed E-state index contributed by atoms with van der Waals surface area (Å²) < 4.78 is 30.8. The summed E-state index contributed by atoms with van der Waals surface area (Å²) in [6.07, 6.45) is 3.57. The highest BCUT2D eigenvalue weighted by Gasteiger charge is 2.47. The number of hydrogen-bond acceptors (Lipinski definition) is 3. The number of carbonyl (C=O) groups excluding carboxylic acids is 1. The Hall–Kier alpha value is -3.81. The normalized spacial score (nSPS) is 19.3. The highest BCUT2D eigenvalue weighted by atomic mass is 19.1. The zero-order valence-corrected chi connectivity index (χ0v) is 20.3. The summed E-state index contributed by atoms with van der Waals surface area (Å²) in [6.45, 7) is 5.13. The Morgan fingerprint density at radius 2 is 1.78 bits per heavy atom. The Kier molecular flexibility index (Phi) is 5.10. The first kappa shape index (κ1) is 22.6. The van der Waals surface area contributed by atoms with Gasteiger partial charge in [-0.15, -0.1) is 0 Å². The molecule has 4 aromatic rings. The lowest BCUT2D eigenvalue weighted by molar-refractivity contribution is 0.193. The molecule has 1 spiro atoms. The Bertz CT molecular complexity index is 1480. The van der Waals surface area contributed by atoms with Crippen molar-refractivity contribution in [3.05, 3.63) is 83.7 Å². The fourth-order valence-electron chi connectivity index (χ4n) is 5.78. The van der Waals surface area contributed by atoms with Gasteiger partial charge >= 0.3 is 6.03 Å². The van der Waals surface area contributed by atoms with Gasteiger partial charge in [-0.1, -0.05) is 24.3 Å². The van der Waals surface area contributed by atoms with Crippen LogP contribution in [0, 0.1) is 11.6 Å². The Labute approximate surface area is 207 Å². The van der Waals surface area contributed by atoms with E-state index in [-0.39, 0.29) is 17.0 Å². The minimum absolute atomic E-state index is 0.139. The van der Waals surface area contributed by atoms with E-state index < -0.39 is 17.2 Å². The molecule has 6 rings (SSSR count). The number of aromatic nitrogens is 3. The zero-order chi connectivity index (χ0) is 25.1. The van der Waals surface area contributed by atoms with E-state index in [4.69, 9.17) is 5.10 Å². The second-order valence-electron chi connectivity index (χ2n) is 10.4. The van der Waals surface area contributed by atoms with Crippen molar-refractivity contribution in [2.45, 2.75) is 44.2 Å². The molecule has 1 unspecified atom stereocenters. The molecule has 6 nitrogen and oxygen atoms in total. The standard InChI is InChI=1S/C28H27F2N5O/c1-27(2,25-20(29)7-5-8-21(25)30)32-26(36)34-12-10-28(17-34)11-13-35-24(28)15-23(33-35)19-14-18-6-3-4-9-22(18)31-16-19/h3-9,14-16H,10-13,17H2,1-2H3,(H,32,36). The molecular formula is C28H27F2N5O. The van der Waals surface area contributed by atoms with Crippen molar-refractivity contribution in [2.75, 3.05) is 13.1 Å². The second kappa shape index (κ2) is 8.11. The van der Waals surface area contributed by atoms with Crippen molar-refractivity contribution in [1.29, 1.82) is 0 Å². The first-order valence-corrected chi connectivity index (χ1v) is 12.2. The molecule has 0 bridgehead atoms. The molecule has 1 N–H and O–H groups in total. The third-order valence-electron chi connectivity index (χ3n) is 7.66. The molecule has 2 amide bonds. The van der Waals surface area contributed by atoms with E-state index in [1.165, 1.54) is 18.2 Å². The number of nitrogens with zero attached hydrogens (tertiary/aromatic N) is 4. The Morgan fingerprint density at radius 1 is 1.03 bits per heavy atom. The van der Waals surface area contributed by atoms with Crippen molar-refractivity contribution in [3.8, 4) is 11.3 Å². The maximum absolute atomic E-state index is 14.4. The van der Waals surface area contributed by atoms with Gasteiger partial charge in [-0.05, 0) is 57.0 Å². The average Bonchev–Trinajstić information content (AvgIpc) is 3.55. The molecule has 1 atom stereocenters. The van der Waals surface area contributed by atoms with Crippen LogP contribution in [-0.4, -0.2) is 38.8 Å². The van der Waals surface area contributed by atoms with Gasteiger partial charge in [0, 0.05) is 53.5 Å². The van der Waals surface area contributed by atoms with E-state index in [9.17, 15) is 13.6 Å². The summed E-state index contributed by atoms with van der Waals surface area (Å²) >= 11 is 0. The molecular weight excluding hydrogens is 460 g/mol. The first-order valence-electron chi connectivity index (χ1n) is 12.2. The second-order valence-corrected chi connectivity index (χ2v) is 10.4. The zero-order valence-electron chi connectivity index (χ0n) is 20.3. The summed E-state index contributed by atoms with van der Waals surface area (Å²) in [6, 6.07) is 15.6. The van der Waals surface area contributed by atoms with E-state index in [1.807, 2.05) is 35.1 Å². The number of carbonyl (C=O) groups is 1. The van der Waals surface area contributed by atoms with E-state index in [2.05, 4.69) is 22.4 Å². The Balaban J connectivity index is 1.22. The van der Waals surface area contributed by atoms with Crippen molar-refractivity contribution in [1.82, 2.24) is 25.0 Å². The van der Waals surface area contributed by atoms with Gasteiger partial charge in [0.25, 0.3) is 0 Å². The van der Waals surface area contributed by atoms with Gasteiger partial charge in [-0.3, -0.25) is 9.67 Å². The van der Waals surface area contributed by atoms with Crippen LogP contribution in [0.5, 0.6) is 0 Å². The number of likely N-dealkylation sites (tertiary alicyclic amines) is 1. The largest absolute Gasteiger partial charge is 0.329 e. The monoisotopic (exact) mass is 487 g/mol. The van der Waals surface area contributed by atoms with Crippen molar-refractivity contribution >= 4 is 16.9 Å².